The highest BCUT2D eigenvalue weighted by molar-refractivity contribution is 7.87. The molecule has 1 aliphatic heterocycles. The fraction of sp³-hybridized carbons (Fsp3) is 0.474. The van der Waals surface area contributed by atoms with Crippen LogP contribution >= 0.6 is 0 Å². The van der Waals surface area contributed by atoms with E-state index in [-0.39, 0.29) is 24.6 Å². The van der Waals surface area contributed by atoms with Crippen molar-refractivity contribution in [3.05, 3.63) is 41.6 Å². The predicted octanol–water partition coefficient (Wildman–Crippen LogP) is 1.20. The first-order valence-electron chi connectivity index (χ1n) is 9.55. The third kappa shape index (κ3) is 4.94. The molecule has 0 unspecified atom stereocenters. The van der Waals surface area contributed by atoms with Gasteiger partial charge in [-0.15, -0.1) is 0 Å². The van der Waals surface area contributed by atoms with E-state index in [1.165, 1.54) is 8.99 Å². The van der Waals surface area contributed by atoms with Crippen LogP contribution in [-0.2, 0) is 21.4 Å². The monoisotopic (exact) mass is 418 g/mol. The molecule has 1 saturated heterocycles. The highest BCUT2D eigenvalue weighted by atomic mass is 32.2. The third-order valence-corrected chi connectivity index (χ3v) is 6.25. The molecule has 0 spiro atoms. The van der Waals surface area contributed by atoms with Gasteiger partial charge in [0.1, 0.15) is 17.5 Å². The Hall–Kier alpha value is -2.45. The molecule has 0 saturated carbocycles. The fourth-order valence-electron chi connectivity index (χ4n) is 3.42. The molecule has 9 nitrogen and oxygen atoms in total. The first kappa shape index (κ1) is 21.3. The number of ether oxygens (including phenoxy) is 1. The van der Waals surface area contributed by atoms with Crippen LogP contribution in [-0.4, -0.2) is 54.3 Å². The lowest BCUT2D eigenvalue weighted by atomic mass is 10.1. The lowest BCUT2D eigenvalue weighted by Crippen LogP contribution is -2.52. The standard InChI is InChI=1S/C19H26N6O3S/c1-14-12-24(13-15(2)28-14)29(26,27)22-10-6-9-18-17(11-20)19(21)25(23-18)16-7-4-3-5-8-16/h3-5,7-8,14-15,22H,6,9-10,12-13,21H2,1-2H3/t14-,15-/m1/s1. The van der Waals surface area contributed by atoms with Gasteiger partial charge in [-0.3, -0.25) is 0 Å². The Morgan fingerprint density at radius 1 is 1.28 bits per heavy atom. The smallest absolute Gasteiger partial charge is 0.279 e. The van der Waals surface area contributed by atoms with Crippen LogP contribution in [0.4, 0.5) is 5.82 Å². The summed E-state index contributed by atoms with van der Waals surface area (Å²) >= 11 is 0. The number of morpholine rings is 1. The Morgan fingerprint density at radius 3 is 2.55 bits per heavy atom. The maximum atomic E-state index is 12.5. The largest absolute Gasteiger partial charge is 0.382 e. The molecule has 1 aromatic carbocycles. The number of anilines is 1. The summed E-state index contributed by atoms with van der Waals surface area (Å²) in [5, 5.41) is 13.9. The third-order valence-electron chi connectivity index (χ3n) is 4.71. The average molecular weight is 419 g/mol. The molecule has 10 heteroatoms. The predicted molar refractivity (Wildman–Crippen MR) is 110 cm³/mol. The minimum Gasteiger partial charge on any atom is -0.382 e. The fourth-order valence-corrected chi connectivity index (χ4v) is 4.81. The minimum absolute atomic E-state index is 0.140. The summed E-state index contributed by atoms with van der Waals surface area (Å²) in [7, 11) is -3.58. The van der Waals surface area contributed by atoms with Gasteiger partial charge in [-0.1, -0.05) is 18.2 Å². The average Bonchev–Trinajstić information content (AvgIpc) is 3.00. The van der Waals surface area contributed by atoms with Crippen molar-refractivity contribution in [1.29, 1.82) is 5.26 Å². The Bertz CT molecular complexity index is 973. The molecule has 156 valence electrons. The van der Waals surface area contributed by atoms with E-state index in [0.29, 0.717) is 37.2 Å². The van der Waals surface area contributed by atoms with E-state index in [4.69, 9.17) is 10.5 Å². The normalized spacial score (nSPS) is 20.4. The highest BCUT2D eigenvalue weighted by Gasteiger charge is 2.30. The number of nitriles is 1. The molecule has 2 heterocycles. The van der Waals surface area contributed by atoms with Gasteiger partial charge in [0.25, 0.3) is 10.2 Å². The highest BCUT2D eigenvalue weighted by Crippen LogP contribution is 2.21. The first-order chi connectivity index (χ1) is 13.8. The number of nitrogen functional groups attached to an aromatic ring is 1. The summed E-state index contributed by atoms with van der Waals surface area (Å²) in [6, 6.07) is 11.4. The van der Waals surface area contributed by atoms with E-state index in [9.17, 15) is 13.7 Å². The topological polar surface area (TPSA) is 126 Å². The molecule has 1 aromatic heterocycles. The van der Waals surface area contributed by atoms with Crippen LogP contribution < -0.4 is 10.5 Å². The van der Waals surface area contributed by atoms with Crippen molar-refractivity contribution in [2.75, 3.05) is 25.4 Å². The molecule has 2 aromatic rings. The molecular formula is C19H26N6O3S. The number of benzene rings is 1. The minimum atomic E-state index is -3.58. The first-order valence-corrected chi connectivity index (χ1v) is 11.0. The van der Waals surface area contributed by atoms with Crippen molar-refractivity contribution in [3.8, 4) is 11.8 Å². The van der Waals surface area contributed by atoms with Crippen molar-refractivity contribution < 1.29 is 13.2 Å². The molecule has 0 amide bonds. The second-order valence-electron chi connectivity index (χ2n) is 7.14. The zero-order chi connectivity index (χ0) is 21.0. The molecule has 0 bridgehead atoms. The van der Waals surface area contributed by atoms with Crippen LogP contribution in [0.3, 0.4) is 0 Å². The van der Waals surface area contributed by atoms with Gasteiger partial charge >= 0.3 is 0 Å². The molecule has 3 rings (SSSR count). The van der Waals surface area contributed by atoms with Crippen LogP contribution in [0.5, 0.6) is 0 Å². The Labute approximate surface area is 171 Å². The van der Waals surface area contributed by atoms with Gasteiger partial charge < -0.3 is 10.5 Å². The van der Waals surface area contributed by atoms with Gasteiger partial charge in [-0.05, 0) is 38.8 Å². The summed E-state index contributed by atoms with van der Waals surface area (Å²) in [6.07, 6.45) is 0.650. The Balaban J connectivity index is 1.61. The van der Waals surface area contributed by atoms with Gasteiger partial charge in [-0.2, -0.15) is 23.1 Å². The van der Waals surface area contributed by atoms with E-state index in [1.54, 1.807) is 0 Å². The quantitative estimate of drug-likeness (QED) is 0.651. The molecule has 29 heavy (non-hydrogen) atoms. The second kappa shape index (κ2) is 8.92. The molecular weight excluding hydrogens is 392 g/mol. The van der Waals surface area contributed by atoms with Crippen LogP contribution in [0.2, 0.25) is 0 Å². The van der Waals surface area contributed by atoms with Gasteiger partial charge in [-0.25, -0.2) is 9.40 Å². The van der Waals surface area contributed by atoms with E-state index >= 15 is 0 Å². The summed E-state index contributed by atoms with van der Waals surface area (Å²) < 4.78 is 36.2. The summed E-state index contributed by atoms with van der Waals surface area (Å²) in [4.78, 5) is 0. The van der Waals surface area contributed by atoms with Crippen molar-refractivity contribution in [3.63, 3.8) is 0 Å². The number of para-hydroxylation sites is 1. The van der Waals surface area contributed by atoms with Gasteiger partial charge in [0.05, 0.1) is 23.6 Å². The van der Waals surface area contributed by atoms with Crippen LogP contribution in [0.1, 0.15) is 31.5 Å². The number of hydrogen-bond donors (Lipinski definition) is 2. The van der Waals surface area contributed by atoms with E-state index < -0.39 is 10.2 Å². The van der Waals surface area contributed by atoms with Crippen molar-refractivity contribution >= 4 is 16.0 Å². The number of nitrogens with zero attached hydrogens (tertiary/aromatic N) is 4. The summed E-state index contributed by atoms with van der Waals surface area (Å²) in [6.45, 7) is 4.61. The lowest BCUT2D eigenvalue weighted by Gasteiger charge is -2.34. The number of rotatable bonds is 7. The van der Waals surface area contributed by atoms with Crippen LogP contribution in [0, 0.1) is 11.3 Å². The molecule has 1 aliphatic rings. The SMILES string of the molecule is C[C@@H]1CN(S(=O)(=O)NCCCc2nn(-c3ccccc3)c(N)c2C#N)C[C@@H](C)O1. The molecule has 0 radical (unpaired) electrons. The summed E-state index contributed by atoms with van der Waals surface area (Å²) in [5.74, 6) is 0.283. The number of aryl methyl sites for hydroxylation is 1. The molecule has 2 atom stereocenters. The lowest BCUT2D eigenvalue weighted by molar-refractivity contribution is -0.0443. The zero-order valence-electron chi connectivity index (χ0n) is 16.6. The van der Waals surface area contributed by atoms with E-state index in [0.717, 1.165) is 5.69 Å². The van der Waals surface area contributed by atoms with Gasteiger partial charge in [0.15, 0.2) is 0 Å². The molecule has 0 aliphatic carbocycles. The summed E-state index contributed by atoms with van der Waals surface area (Å²) in [5.41, 5.74) is 7.74. The van der Waals surface area contributed by atoms with Crippen LogP contribution in [0.15, 0.2) is 30.3 Å². The number of hydrogen-bond acceptors (Lipinski definition) is 6. The number of nitrogens with two attached hydrogens (primary N) is 1. The number of aromatic nitrogens is 2. The Morgan fingerprint density at radius 2 is 1.93 bits per heavy atom. The second-order valence-corrected chi connectivity index (χ2v) is 8.90. The van der Waals surface area contributed by atoms with E-state index in [1.807, 2.05) is 44.2 Å². The zero-order valence-corrected chi connectivity index (χ0v) is 17.4. The van der Waals surface area contributed by atoms with E-state index in [2.05, 4.69) is 15.9 Å². The van der Waals surface area contributed by atoms with Crippen molar-refractivity contribution in [1.82, 2.24) is 18.8 Å². The molecule has 1 fully saturated rings. The van der Waals surface area contributed by atoms with Crippen LogP contribution in [0.25, 0.3) is 5.69 Å². The van der Waals surface area contributed by atoms with Crippen molar-refractivity contribution in [2.45, 2.75) is 38.9 Å². The maximum Gasteiger partial charge on any atom is 0.279 e. The number of nitrogens with one attached hydrogen (secondary N) is 1. The maximum absolute atomic E-state index is 12.5. The van der Waals surface area contributed by atoms with Gasteiger partial charge in [0.2, 0.25) is 0 Å². The molecule has 3 N–H and O–H groups in total. The van der Waals surface area contributed by atoms with Crippen molar-refractivity contribution in [2.24, 2.45) is 0 Å². The van der Waals surface area contributed by atoms with Gasteiger partial charge in [0, 0.05) is 19.6 Å². The Kier molecular flexibility index (Phi) is 6.54.